The molecule has 0 radical (unpaired) electrons. The van der Waals surface area contributed by atoms with Crippen LogP contribution in [0.1, 0.15) is 38.7 Å². The van der Waals surface area contributed by atoms with Crippen LogP contribution < -0.4 is 0 Å². The molecule has 1 aromatic rings. The zero-order valence-corrected chi connectivity index (χ0v) is 10.2. The first-order chi connectivity index (χ1) is 7.93. The highest BCUT2D eigenvalue weighted by molar-refractivity contribution is 5.26. The smallest absolute Gasteiger partial charge is 0.132 e. The second-order valence-electron chi connectivity index (χ2n) is 5.33. The highest BCUT2D eigenvalue weighted by Crippen LogP contribution is 2.44. The van der Waals surface area contributed by atoms with Gasteiger partial charge in [-0.2, -0.15) is 0 Å². The first-order valence-corrected chi connectivity index (χ1v) is 6.11. The molecular formula is C14H18F2O. The molecular weight excluding hydrogens is 222 g/mol. The molecule has 0 spiro atoms. The van der Waals surface area contributed by atoms with Crippen LogP contribution in [0, 0.1) is 23.5 Å². The largest absolute Gasteiger partial charge is 0.385 e. The molecule has 1 aromatic carbocycles. The van der Waals surface area contributed by atoms with E-state index in [0.29, 0.717) is 12.3 Å². The molecule has 3 heteroatoms. The third-order valence-corrected chi connectivity index (χ3v) is 3.99. The van der Waals surface area contributed by atoms with E-state index in [-0.39, 0.29) is 11.5 Å². The van der Waals surface area contributed by atoms with Gasteiger partial charge in [-0.05, 0) is 37.2 Å². The van der Waals surface area contributed by atoms with Gasteiger partial charge < -0.3 is 5.11 Å². The van der Waals surface area contributed by atoms with E-state index in [4.69, 9.17) is 0 Å². The normalized spacial score (nSPS) is 33.7. The Morgan fingerprint density at radius 2 is 2.00 bits per heavy atom. The van der Waals surface area contributed by atoms with Crippen LogP contribution in [0.3, 0.4) is 0 Å². The zero-order chi connectivity index (χ0) is 12.6. The Hall–Kier alpha value is -0.960. The number of aliphatic hydroxyl groups is 1. The minimum absolute atomic E-state index is 0.00814. The summed E-state index contributed by atoms with van der Waals surface area (Å²) in [7, 11) is 0. The summed E-state index contributed by atoms with van der Waals surface area (Å²) in [4.78, 5) is 0. The van der Waals surface area contributed by atoms with Crippen LogP contribution in [0.2, 0.25) is 0 Å². The van der Waals surface area contributed by atoms with Gasteiger partial charge in [0.15, 0.2) is 0 Å². The lowest BCUT2D eigenvalue weighted by atomic mass is 9.69. The minimum Gasteiger partial charge on any atom is -0.385 e. The highest BCUT2D eigenvalue weighted by atomic mass is 19.1. The van der Waals surface area contributed by atoms with E-state index in [0.717, 1.165) is 18.9 Å². The van der Waals surface area contributed by atoms with E-state index < -0.39 is 17.2 Å². The molecule has 2 rings (SSSR count). The lowest BCUT2D eigenvalue weighted by molar-refractivity contribution is -0.0613. The van der Waals surface area contributed by atoms with Gasteiger partial charge in [-0.25, -0.2) is 8.78 Å². The fourth-order valence-electron chi connectivity index (χ4n) is 2.87. The summed E-state index contributed by atoms with van der Waals surface area (Å²) in [6.45, 7) is 4.07. The second-order valence-corrected chi connectivity index (χ2v) is 5.33. The third-order valence-electron chi connectivity index (χ3n) is 3.99. The lowest BCUT2D eigenvalue weighted by Gasteiger charge is -2.41. The molecule has 1 aliphatic carbocycles. The topological polar surface area (TPSA) is 20.2 Å². The number of hydrogen-bond acceptors (Lipinski definition) is 1. The average molecular weight is 240 g/mol. The zero-order valence-electron chi connectivity index (χ0n) is 10.2. The van der Waals surface area contributed by atoms with Crippen molar-refractivity contribution in [3.63, 3.8) is 0 Å². The first kappa shape index (κ1) is 12.5. The molecule has 1 N–H and O–H groups in total. The van der Waals surface area contributed by atoms with Crippen LogP contribution in [0.5, 0.6) is 0 Å². The van der Waals surface area contributed by atoms with Crippen molar-refractivity contribution in [3.05, 3.63) is 35.4 Å². The van der Waals surface area contributed by atoms with Crippen LogP contribution in [-0.2, 0) is 5.60 Å². The van der Waals surface area contributed by atoms with Crippen molar-refractivity contribution >= 4 is 0 Å². The Morgan fingerprint density at radius 3 is 2.59 bits per heavy atom. The van der Waals surface area contributed by atoms with E-state index in [1.165, 1.54) is 12.1 Å². The van der Waals surface area contributed by atoms with E-state index in [2.05, 4.69) is 6.92 Å². The number of rotatable bonds is 1. The molecule has 1 saturated carbocycles. The first-order valence-electron chi connectivity index (χ1n) is 6.11. The Balaban J connectivity index is 2.37. The molecule has 0 aliphatic heterocycles. The van der Waals surface area contributed by atoms with Gasteiger partial charge in [-0.1, -0.05) is 19.9 Å². The number of benzene rings is 1. The van der Waals surface area contributed by atoms with Crippen LogP contribution in [0.4, 0.5) is 8.78 Å². The van der Waals surface area contributed by atoms with Gasteiger partial charge in [-0.3, -0.25) is 0 Å². The summed E-state index contributed by atoms with van der Waals surface area (Å²) >= 11 is 0. The van der Waals surface area contributed by atoms with E-state index in [1.807, 2.05) is 6.92 Å². The van der Waals surface area contributed by atoms with Gasteiger partial charge in [0.25, 0.3) is 0 Å². The van der Waals surface area contributed by atoms with Crippen LogP contribution in [0.15, 0.2) is 18.2 Å². The maximum absolute atomic E-state index is 13.8. The van der Waals surface area contributed by atoms with Crippen molar-refractivity contribution in [2.24, 2.45) is 11.8 Å². The summed E-state index contributed by atoms with van der Waals surface area (Å²) in [5.74, 6) is -0.708. The SMILES string of the molecule is CC1CCC(O)(c2ccc(F)cc2F)C(C)C1. The quantitative estimate of drug-likeness (QED) is 0.795. The second kappa shape index (κ2) is 4.37. The molecule has 3 atom stereocenters. The molecule has 0 amide bonds. The van der Waals surface area contributed by atoms with Crippen molar-refractivity contribution in [3.8, 4) is 0 Å². The van der Waals surface area contributed by atoms with Gasteiger partial charge in [0.05, 0.1) is 5.60 Å². The molecule has 17 heavy (non-hydrogen) atoms. The highest BCUT2D eigenvalue weighted by Gasteiger charge is 2.41. The van der Waals surface area contributed by atoms with E-state index in [9.17, 15) is 13.9 Å². The summed E-state index contributed by atoms with van der Waals surface area (Å²) in [5, 5.41) is 10.6. The molecule has 0 bridgehead atoms. The predicted octanol–water partition coefficient (Wildman–Crippen LogP) is 3.61. The molecule has 0 aromatic heterocycles. The Kier molecular flexibility index (Phi) is 3.21. The predicted molar refractivity (Wildman–Crippen MR) is 62.4 cm³/mol. The van der Waals surface area contributed by atoms with Crippen molar-refractivity contribution in [2.75, 3.05) is 0 Å². The van der Waals surface area contributed by atoms with E-state index >= 15 is 0 Å². The van der Waals surface area contributed by atoms with Gasteiger partial charge in [0.2, 0.25) is 0 Å². The standard InChI is InChI=1S/C14H18F2O/c1-9-5-6-14(17,10(2)7-9)12-4-3-11(15)8-13(12)16/h3-4,8-10,17H,5-7H2,1-2H3. The molecule has 1 nitrogen and oxygen atoms in total. The summed E-state index contributed by atoms with van der Waals surface area (Å²) in [6, 6.07) is 3.43. The van der Waals surface area contributed by atoms with Crippen LogP contribution in [0.25, 0.3) is 0 Å². The summed E-state index contributed by atoms with van der Waals surface area (Å²) in [6.07, 6.45) is 2.28. The summed E-state index contributed by atoms with van der Waals surface area (Å²) < 4.78 is 26.6. The molecule has 1 aliphatic rings. The summed E-state index contributed by atoms with van der Waals surface area (Å²) in [5.41, 5.74) is -0.914. The molecule has 94 valence electrons. The van der Waals surface area contributed by atoms with Gasteiger partial charge in [0, 0.05) is 11.6 Å². The maximum atomic E-state index is 13.8. The van der Waals surface area contributed by atoms with Crippen molar-refractivity contribution < 1.29 is 13.9 Å². The lowest BCUT2D eigenvalue weighted by Crippen LogP contribution is -2.39. The van der Waals surface area contributed by atoms with Gasteiger partial charge in [-0.15, -0.1) is 0 Å². The molecule has 0 heterocycles. The minimum atomic E-state index is -1.15. The molecule has 0 saturated heterocycles. The van der Waals surface area contributed by atoms with Crippen LogP contribution in [-0.4, -0.2) is 5.11 Å². The van der Waals surface area contributed by atoms with Crippen molar-refractivity contribution in [1.29, 1.82) is 0 Å². The number of hydrogen-bond donors (Lipinski definition) is 1. The Labute approximate surface area is 100 Å². The van der Waals surface area contributed by atoms with Crippen LogP contribution >= 0.6 is 0 Å². The molecule has 1 fully saturated rings. The van der Waals surface area contributed by atoms with E-state index in [1.54, 1.807) is 0 Å². The third kappa shape index (κ3) is 2.21. The fraction of sp³-hybridized carbons (Fsp3) is 0.571. The fourth-order valence-corrected chi connectivity index (χ4v) is 2.87. The van der Waals surface area contributed by atoms with Gasteiger partial charge >= 0.3 is 0 Å². The monoisotopic (exact) mass is 240 g/mol. The number of halogens is 2. The molecule has 3 unspecified atom stereocenters. The average Bonchev–Trinajstić information content (AvgIpc) is 2.24. The Bertz CT molecular complexity index is 419. The van der Waals surface area contributed by atoms with Gasteiger partial charge in [0.1, 0.15) is 11.6 Å². The van der Waals surface area contributed by atoms with Crippen molar-refractivity contribution in [1.82, 2.24) is 0 Å². The van der Waals surface area contributed by atoms with Crippen molar-refractivity contribution in [2.45, 2.75) is 38.7 Å². The maximum Gasteiger partial charge on any atom is 0.132 e. The Morgan fingerprint density at radius 1 is 1.29 bits per heavy atom.